The van der Waals surface area contributed by atoms with Crippen LogP contribution in [0.4, 0.5) is 0 Å². The lowest BCUT2D eigenvalue weighted by atomic mass is 10.2. The predicted octanol–water partition coefficient (Wildman–Crippen LogP) is 1.21. The summed E-state index contributed by atoms with van der Waals surface area (Å²) in [5, 5.41) is 3.22. The van der Waals surface area contributed by atoms with Crippen molar-refractivity contribution in [3.05, 3.63) is 23.7 Å². The quantitative estimate of drug-likeness (QED) is 0.509. The number of nitrogens with one attached hydrogen (secondary N) is 1. The molecule has 0 saturated heterocycles. The van der Waals surface area contributed by atoms with Gasteiger partial charge in [0.05, 0.1) is 26.6 Å². The number of carbonyl (C=O) groups is 1. The average Bonchev–Trinajstić information content (AvgIpc) is 2.89. The second-order valence-corrected chi connectivity index (χ2v) is 3.90. The van der Waals surface area contributed by atoms with Crippen LogP contribution in [0.5, 0.6) is 0 Å². The van der Waals surface area contributed by atoms with Crippen LogP contribution in [0.3, 0.4) is 0 Å². The number of esters is 1. The van der Waals surface area contributed by atoms with Gasteiger partial charge in [0.1, 0.15) is 0 Å². The van der Waals surface area contributed by atoms with E-state index in [-0.39, 0.29) is 5.76 Å². The van der Waals surface area contributed by atoms with Crippen molar-refractivity contribution in [2.24, 2.45) is 0 Å². The van der Waals surface area contributed by atoms with Crippen molar-refractivity contribution in [2.45, 2.75) is 13.0 Å². The molecule has 0 aliphatic rings. The Labute approximate surface area is 113 Å². The van der Waals surface area contributed by atoms with Crippen molar-refractivity contribution < 1.29 is 23.4 Å². The lowest BCUT2D eigenvalue weighted by Gasteiger charge is -2.05. The molecule has 1 aromatic rings. The van der Waals surface area contributed by atoms with Gasteiger partial charge in [-0.25, -0.2) is 4.79 Å². The molecule has 0 aromatic carbocycles. The fourth-order valence-electron chi connectivity index (χ4n) is 1.51. The van der Waals surface area contributed by atoms with Crippen LogP contribution in [0.15, 0.2) is 16.7 Å². The van der Waals surface area contributed by atoms with E-state index in [1.54, 1.807) is 13.2 Å². The molecule has 0 aliphatic heterocycles. The average molecular weight is 271 g/mol. The third-order valence-corrected chi connectivity index (χ3v) is 2.51. The van der Waals surface area contributed by atoms with E-state index in [0.29, 0.717) is 26.4 Å². The van der Waals surface area contributed by atoms with Gasteiger partial charge in [0.25, 0.3) is 0 Å². The maximum atomic E-state index is 11.4. The summed E-state index contributed by atoms with van der Waals surface area (Å²) in [7, 11) is 2.98. The van der Waals surface area contributed by atoms with E-state index in [1.165, 1.54) is 13.4 Å². The van der Waals surface area contributed by atoms with Gasteiger partial charge in [-0.15, -0.1) is 0 Å². The van der Waals surface area contributed by atoms with Crippen LogP contribution in [-0.4, -0.2) is 46.6 Å². The van der Waals surface area contributed by atoms with Crippen LogP contribution < -0.4 is 5.32 Å². The summed E-state index contributed by atoms with van der Waals surface area (Å²) in [6, 6.07) is 1.76. The standard InChI is InChI=1S/C13H21NO5/c1-16-8-9-18-6-3-5-14-10-11-4-7-19-12(11)13(15)17-2/h4,7,14H,3,5-6,8-10H2,1-2H3. The van der Waals surface area contributed by atoms with Crippen LogP contribution in [0.25, 0.3) is 0 Å². The van der Waals surface area contributed by atoms with Crippen molar-refractivity contribution in [3.63, 3.8) is 0 Å². The highest BCUT2D eigenvalue weighted by atomic mass is 16.5. The summed E-state index contributed by atoms with van der Waals surface area (Å²) < 4.78 is 19.9. The maximum Gasteiger partial charge on any atom is 0.374 e. The van der Waals surface area contributed by atoms with Crippen LogP contribution in [-0.2, 0) is 20.8 Å². The third-order valence-electron chi connectivity index (χ3n) is 2.51. The van der Waals surface area contributed by atoms with Gasteiger partial charge in [-0.05, 0) is 19.0 Å². The lowest BCUT2D eigenvalue weighted by molar-refractivity contribution is 0.0563. The molecule has 108 valence electrons. The number of rotatable bonds is 10. The molecule has 0 aliphatic carbocycles. The Balaban J connectivity index is 2.13. The highest BCUT2D eigenvalue weighted by Gasteiger charge is 2.14. The fraction of sp³-hybridized carbons (Fsp3) is 0.615. The summed E-state index contributed by atoms with van der Waals surface area (Å²) >= 11 is 0. The summed E-state index contributed by atoms with van der Waals surface area (Å²) in [5.41, 5.74) is 0.798. The molecule has 0 radical (unpaired) electrons. The van der Waals surface area contributed by atoms with E-state index in [9.17, 15) is 4.79 Å². The predicted molar refractivity (Wildman–Crippen MR) is 69.1 cm³/mol. The SMILES string of the molecule is COCCOCCCNCc1ccoc1C(=O)OC. The largest absolute Gasteiger partial charge is 0.463 e. The van der Waals surface area contributed by atoms with Gasteiger partial charge >= 0.3 is 5.97 Å². The normalized spacial score (nSPS) is 10.6. The van der Waals surface area contributed by atoms with Gasteiger partial charge in [0, 0.05) is 25.8 Å². The van der Waals surface area contributed by atoms with Gasteiger partial charge in [0.2, 0.25) is 5.76 Å². The van der Waals surface area contributed by atoms with Crippen LogP contribution in [0.1, 0.15) is 22.5 Å². The first-order valence-corrected chi connectivity index (χ1v) is 6.21. The minimum atomic E-state index is -0.454. The van der Waals surface area contributed by atoms with Crippen molar-refractivity contribution >= 4 is 5.97 Å². The number of methoxy groups -OCH3 is 2. The summed E-state index contributed by atoms with van der Waals surface area (Å²) in [4.78, 5) is 11.4. The molecule has 0 atom stereocenters. The second-order valence-electron chi connectivity index (χ2n) is 3.90. The maximum absolute atomic E-state index is 11.4. The van der Waals surface area contributed by atoms with Crippen molar-refractivity contribution in [1.82, 2.24) is 5.32 Å². The van der Waals surface area contributed by atoms with E-state index in [4.69, 9.17) is 13.9 Å². The minimum absolute atomic E-state index is 0.256. The minimum Gasteiger partial charge on any atom is -0.463 e. The summed E-state index contributed by atoms with van der Waals surface area (Å²) in [6.07, 6.45) is 2.38. The molecule has 1 heterocycles. The first kappa shape index (κ1) is 15.7. The van der Waals surface area contributed by atoms with E-state index in [2.05, 4.69) is 10.1 Å². The number of carbonyl (C=O) groups excluding carboxylic acids is 1. The molecule has 6 heteroatoms. The molecule has 1 aromatic heterocycles. The molecule has 0 spiro atoms. The number of hydrogen-bond donors (Lipinski definition) is 1. The highest BCUT2D eigenvalue weighted by Crippen LogP contribution is 2.11. The summed E-state index contributed by atoms with van der Waals surface area (Å²) in [6.45, 7) is 3.29. The Morgan fingerprint density at radius 3 is 2.89 bits per heavy atom. The molecule has 0 amide bonds. The van der Waals surface area contributed by atoms with Gasteiger partial charge in [-0.3, -0.25) is 0 Å². The van der Waals surface area contributed by atoms with Crippen LogP contribution >= 0.6 is 0 Å². The molecular weight excluding hydrogens is 250 g/mol. The Morgan fingerprint density at radius 1 is 1.32 bits per heavy atom. The number of ether oxygens (including phenoxy) is 3. The van der Waals surface area contributed by atoms with E-state index >= 15 is 0 Å². The summed E-state index contributed by atoms with van der Waals surface area (Å²) in [5.74, 6) is -0.198. The Bertz CT molecular complexity index is 364. The topological polar surface area (TPSA) is 69.9 Å². The van der Waals surface area contributed by atoms with Gasteiger partial charge < -0.3 is 23.9 Å². The van der Waals surface area contributed by atoms with Gasteiger partial charge in [0.15, 0.2) is 0 Å². The Morgan fingerprint density at radius 2 is 2.16 bits per heavy atom. The number of furan rings is 1. The van der Waals surface area contributed by atoms with E-state index in [1.807, 2.05) is 0 Å². The first-order valence-electron chi connectivity index (χ1n) is 6.21. The zero-order chi connectivity index (χ0) is 13.9. The molecule has 0 saturated carbocycles. The lowest BCUT2D eigenvalue weighted by Crippen LogP contribution is -2.18. The Kier molecular flexibility index (Phi) is 7.88. The van der Waals surface area contributed by atoms with E-state index in [0.717, 1.165) is 18.5 Å². The van der Waals surface area contributed by atoms with Crippen molar-refractivity contribution in [1.29, 1.82) is 0 Å². The zero-order valence-corrected chi connectivity index (χ0v) is 11.4. The molecule has 0 fully saturated rings. The highest BCUT2D eigenvalue weighted by molar-refractivity contribution is 5.87. The molecular formula is C13H21NO5. The van der Waals surface area contributed by atoms with Crippen molar-refractivity contribution in [2.75, 3.05) is 40.6 Å². The molecule has 0 unspecified atom stereocenters. The third kappa shape index (κ3) is 5.87. The molecule has 0 bridgehead atoms. The molecule has 19 heavy (non-hydrogen) atoms. The Hall–Kier alpha value is -1.37. The molecule has 1 rings (SSSR count). The smallest absolute Gasteiger partial charge is 0.374 e. The van der Waals surface area contributed by atoms with Crippen molar-refractivity contribution in [3.8, 4) is 0 Å². The van der Waals surface area contributed by atoms with Gasteiger partial charge in [-0.1, -0.05) is 0 Å². The zero-order valence-electron chi connectivity index (χ0n) is 11.4. The van der Waals surface area contributed by atoms with E-state index < -0.39 is 5.97 Å². The monoisotopic (exact) mass is 271 g/mol. The first-order chi connectivity index (χ1) is 9.29. The van der Waals surface area contributed by atoms with Crippen LogP contribution in [0, 0.1) is 0 Å². The van der Waals surface area contributed by atoms with Crippen LogP contribution in [0.2, 0.25) is 0 Å². The number of hydrogen-bond acceptors (Lipinski definition) is 6. The molecule has 1 N–H and O–H groups in total. The fourth-order valence-corrected chi connectivity index (χ4v) is 1.51. The molecule has 6 nitrogen and oxygen atoms in total. The second kappa shape index (κ2) is 9.55. The van der Waals surface area contributed by atoms with Gasteiger partial charge in [-0.2, -0.15) is 0 Å².